The Kier molecular flexibility index (Phi) is 3.11. The van der Waals surface area contributed by atoms with Crippen LogP contribution in [0.2, 0.25) is 0 Å². The van der Waals surface area contributed by atoms with Crippen molar-refractivity contribution in [3.63, 3.8) is 0 Å². The van der Waals surface area contributed by atoms with E-state index < -0.39 is 11.9 Å². The first-order valence-electron chi connectivity index (χ1n) is 5.38. The van der Waals surface area contributed by atoms with Crippen molar-refractivity contribution in [2.75, 3.05) is 5.73 Å². The fourth-order valence-corrected chi connectivity index (χ4v) is 1.80. The number of aliphatic hydroxyl groups is 1. The minimum absolute atomic E-state index is 0.253. The van der Waals surface area contributed by atoms with Gasteiger partial charge in [0.2, 0.25) is 0 Å². The van der Waals surface area contributed by atoms with Crippen LogP contribution in [-0.2, 0) is 0 Å². The van der Waals surface area contributed by atoms with Crippen molar-refractivity contribution in [1.82, 2.24) is 0 Å². The van der Waals surface area contributed by atoms with Gasteiger partial charge in [0.25, 0.3) is 0 Å². The molecule has 0 saturated carbocycles. The van der Waals surface area contributed by atoms with Gasteiger partial charge in [0, 0.05) is 16.8 Å². The molecule has 2 aromatic carbocycles. The molecular weight excluding hydrogens is 217 g/mol. The maximum Gasteiger partial charge on any atom is 0.129 e. The van der Waals surface area contributed by atoms with Gasteiger partial charge in [-0.25, -0.2) is 4.39 Å². The minimum Gasteiger partial charge on any atom is -0.398 e. The van der Waals surface area contributed by atoms with Gasteiger partial charge in [0.05, 0.1) is 0 Å². The molecule has 0 aliphatic heterocycles. The van der Waals surface area contributed by atoms with Crippen molar-refractivity contribution in [3.05, 3.63) is 65.0 Å². The number of hydrogen-bond donors (Lipinski definition) is 2. The van der Waals surface area contributed by atoms with Crippen molar-refractivity contribution < 1.29 is 9.50 Å². The third kappa shape index (κ3) is 2.29. The summed E-state index contributed by atoms with van der Waals surface area (Å²) in [4.78, 5) is 0. The molecule has 1 unspecified atom stereocenters. The van der Waals surface area contributed by atoms with E-state index in [9.17, 15) is 9.50 Å². The summed E-state index contributed by atoms with van der Waals surface area (Å²) in [7, 11) is 0. The smallest absolute Gasteiger partial charge is 0.129 e. The monoisotopic (exact) mass is 231 g/mol. The quantitative estimate of drug-likeness (QED) is 0.781. The number of aryl methyl sites for hydroxylation is 1. The van der Waals surface area contributed by atoms with E-state index in [0.717, 1.165) is 5.56 Å². The summed E-state index contributed by atoms with van der Waals surface area (Å²) in [5.41, 5.74) is 7.90. The summed E-state index contributed by atoms with van der Waals surface area (Å²) in [5.74, 6) is -0.425. The standard InChI is InChI=1S/C14H14FNO/c1-9-6-7-12(15)11(8-9)14(17)10-4-2-3-5-13(10)16/h2-8,14,17H,16H2,1H3. The van der Waals surface area contributed by atoms with Gasteiger partial charge in [0.1, 0.15) is 11.9 Å². The van der Waals surface area contributed by atoms with E-state index in [1.54, 1.807) is 36.4 Å². The van der Waals surface area contributed by atoms with Gasteiger partial charge >= 0.3 is 0 Å². The minimum atomic E-state index is -1.03. The second kappa shape index (κ2) is 4.55. The predicted molar refractivity (Wildman–Crippen MR) is 66.1 cm³/mol. The summed E-state index contributed by atoms with van der Waals surface area (Å²) in [6, 6.07) is 11.6. The average Bonchev–Trinajstić information content (AvgIpc) is 2.32. The van der Waals surface area contributed by atoms with Crippen LogP contribution in [0.3, 0.4) is 0 Å². The molecule has 0 amide bonds. The molecule has 0 saturated heterocycles. The SMILES string of the molecule is Cc1ccc(F)c(C(O)c2ccccc2N)c1. The van der Waals surface area contributed by atoms with Crippen molar-refractivity contribution >= 4 is 5.69 Å². The highest BCUT2D eigenvalue weighted by molar-refractivity contribution is 5.50. The number of benzene rings is 2. The molecule has 0 aliphatic rings. The molecule has 2 aromatic rings. The highest BCUT2D eigenvalue weighted by atomic mass is 19.1. The Morgan fingerprint density at radius 3 is 2.53 bits per heavy atom. The molecule has 0 radical (unpaired) electrons. The van der Waals surface area contributed by atoms with E-state index in [1.807, 2.05) is 6.92 Å². The van der Waals surface area contributed by atoms with E-state index in [4.69, 9.17) is 5.73 Å². The summed E-state index contributed by atoms with van der Waals surface area (Å²) in [6.07, 6.45) is -1.03. The van der Waals surface area contributed by atoms with Crippen LogP contribution >= 0.6 is 0 Å². The lowest BCUT2D eigenvalue weighted by molar-refractivity contribution is 0.215. The first kappa shape index (κ1) is 11.6. The summed E-state index contributed by atoms with van der Waals surface area (Å²) >= 11 is 0. The van der Waals surface area contributed by atoms with Crippen LogP contribution in [0.15, 0.2) is 42.5 Å². The van der Waals surface area contributed by atoms with Gasteiger partial charge in [-0.1, -0.05) is 35.9 Å². The van der Waals surface area contributed by atoms with Crippen molar-refractivity contribution in [1.29, 1.82) is 0 Å². The van der Waals surface area contributed by atoms with Gasteiger partial charge in [-0.2, -0.15) is 0 Å². The lowest BCUT2D eigenvalue weighted by Crippen LogP contribution is -2.06. The van der Waals surface area contributed by atoms with Gasteiger partial charge < -0.3 is 10.8 Å². The number of aliphatic hydroxyl groups excluding tert-OH is 1. The lowest BCUT2D eigenvalue weighted by Gasteiger charge is -2.15. The van der Waals surface area contributed by atoms with Crippen LogP contribution in [0, 0.1) is 12.7 Å². The number of nitrogen functional groups attached to an aromatic ring is 1. The van der Waals surface area contributed by atoms with E-state index in [-0.39, 0.29) is 5.56 Å². The number of para-hydroxylation sites is 1. The van der Waals surface area contributed by atoms with Crippen LogP contribution in [0.1, 0.15) is 22.8 Å². The third-order valence-electron chi connectivity index (χ3n) is 2.74. The molecule has 0 heterocycles. The molecule has 1 atom stereocenters. The Labute approximate surface area is 99.5 Å². The summed E-state index contributed by atoms with van der Waals surface area (Å²) in [5, 5.41) is 10.2. The topological polar surface area (TPSA) is 46.2 Å². The highest BCUT2D eigenvalue weighted by Crippen LogP contribution is 2.28. The fraction of sp³-hybridized carbons (Fsp3) is 0.143. The molecular formula is C14H14FNO. The zero-order valence-electron chi connectivity index (χ0n) is 9.52. The van der Waals surface area contributed by atoms with Gasteiger partial charge in [0.15, 0.2) is 0 Å². The Balaban J connectivity index is 2.47. The van der Waals surface area contributed by atoms with Gasteiger partial charge in [-0.05, 0) is 19.1 Å². The highest BCUT2D eigenvalue weighted by Gasteiger charge is 2.16. The summed E-state index contributed by atoms with van der Waals surface area (Å²) < 4.78 is 13.6. The Morgan fingerprint density at radius 2 is 1.82 bits per heavy atom. The molecule has 0 bridgehead atoms. The molecule has 0 fully saturated rings. The lowest BCUT2D eigenvalue weighted by atomic mass is 9.98. The average molecular weight is 231 g/mol. The second-order valence-corrected chi connectivity index (χ2v) is 4.06. The molecule has 17 heavy (non-hydrogen) atoms. The normalized spacial score (nSPS) is 12.4. The Hall–Kier alpha value is -1.87. The number of rotatable bonds is 2. The van der Waals surface area contributed by atoms with Crippen molar-refractivity contribution in [2.24, 2.45) is 0 Å². The van der Waals surface area contributed by atoms with Crippen molar-refractivity contribution in [3.8, 4) is 0 Å². The summed E-state index contributed by atoms with van der Waals surface area (Å²) in [6.45, 7) is 1.85. The number of nitrogens with two attached hydrogens (primary N) is 1. The van der Waals surface area contributed by atoms with Crippen LogP contribution in [0.5, 0.6) is 0 Å². The maximum atomic E-state index is 13.6. The Bertz CT molecular complexity index is 539. The molecule has 88 valence electrons. The van der Waals surface area contributed by atoms with E-state index >= 15 is 0 Å². The van der Waals surface area contributed by atoms with E-state index in [2.05, 4.69) is 0 Å². The van der Waals surface area contributed by atoms with Crippen LogP contribution in [0.25, 0.3) is 0 Å². The van der Waals surface area contributed by atoms with Crippen LogP contribution in [-0.4, -0.2) is 5.11 Å². The van der Waals surface area contributed by atoms with Crippen molar-refractivity contribution in [2.45, 2.75) is 13.0 Å². The van der Waals surface area contributed by atoms with Crippen LogP contribution < -0.4 is 5.73 Å². The second-order valence-electron chi connectivity index (χ2n) is 4.06. The largest absolute Gasteiger partial charge is 0.398 e. The number of anilines is 1. The first-order valence-corrected chi connectivity index (χ1v) is 5.38. The van der Waals surface area contributed by atoms with Gasteiger partial charge in [-0.3, -0.25) is 0 Å². The number of hydrogen-bond acceptors (Lipinski definition) is 2. The fourth-order valence-electron chi connectivity index (χ4n) is 1.80. The third-order valence-corrected chi connectivity index (χ3v) is 2.74. The maximum absolute atomic E-state index is 13.6. The molecule has 0 aliphatic carbocycles. The van der Waals surface area contributed by atoms with E-state index in [0.29, 0.717) is 11.3 Å². The Morgan fingerprint density at radius 1 is 1.12 bits per heavy atom. The molecule has 3 N–H and O–H groups in total. The molecule has 2 nitrogen and oxygen atoms in total. The molecule has 0 spiro atoms. The van der Waals surface area contributed by atoms with Gasteiger partial charge in [-0.15, -0.1) is 0 Å². The first-order chi connectivity index (χ1) is 8.09. The predicted octanol–water partition coefficient (Wildman–Crippen LogP) is 2.80. The zero-order valence-corrected chi connectivity index (χ0v) is 9.52. The molecule has 0 aromatic heterocycles. The zero-order chi connectivity index (χ0) is 12.4. The number of halogens is 1. The molecule has 2 rings (SSSR count). The van der Waals surface area contributed by atoms with Crippen LogP contribution in [0.4, 0.5) is 10.1 Å². The molecule has 3 heteroatoms. The van der Waals surface area contributed by atoms with E-state index in [1.165, 1.54) is 6.07 Å².